The Balaban J connectivity index is 2.02. The summed E-state index contributed by atoms with van der Waals surface area (Å²) in [6.45, 7) is 2.30. The van der Waals surface area contributed by atoms with Gasteiger partial charge in [-0.2, -0.15) is 4.98 Å². The van der Waals surface area contributed by atoms with Crippen molar-refractivity contribution in [2.75, 3.05) is 12.4 Å². The monoisotopic (exact) mass is 299 g/mol. The Morgan fingerprint density at radius 1 is 1.47 bits per heavy atom. The minimum atomic E-state index is 0.490. The van der Waals surface area contributed by atoms with Crippen LogP contribution in [0.15, 0.2) is 10.7 Å². The summed E-state index contributed by atoms with van der Waals surface area (Å²) >= 11 is 3.35. The maximum absolute atomic E-state index is 5.16. The Bertz CT molecular complexity index is 386. The van der Waals surface area contributed by atoms with Crippen LogP contribution in [-0.2, 0) is 0 Å². The molecule has 17 heavy (non-hydrogen) atoms. The van der Waals surface area contributed by atoms with E-state index in [1.165, 1.54) is 25.7 Å². The van der Waals surface area contributed by atoms with Crippen molar-refractivity contribution in [1.29, 1.82) is 0 Å². The molecule has 0 aliphatic heterocycles. The van der Waals surface area contributed by atoms with Crippen molar-refractivity contribution in [1.82, 2.24) is 9.97 Å². The molecule has 1 heterocycles. The summed E-state index contributed by atoms with van der Waals surface area (Å²) in [5.74, 6) is 2.02. The first kappa shape index (κ1) is 12.6. The van der Waals surface area contributed by atoms with Gasteiger partial charge in [-0.1, -0.05) is 19.8 Å². The van der Waals surface area contributed by atoms with Gasteiger partial charge in [-0.15, -0.1) is 0 Å². The van der Waals surface area contributed by atoms with Crippen molar-refractivity contribution in [3.63, 3.8) is 0 Å². The van der Waals surface area contributed by atoms with Gasteiger partial charge in [0.05, 0.1) is 17.8 Å². The molecule has 1 aromatic rings. The summed E-state index contributed by atoms with van der Waals surface area (Å²) in [6, 6.07) is 0.490. The number of anilines is 1. The molecule has 1 aliphatic rings. The molecule has 1 aromatic heterocycles. The molecule has 0 spiro atoms. The van der Waals surface area contributed by atoms with Gasteiger partial charge in [0.15, 0.2) is 0 Å². The van der Waals surface area contributed by atoms with Gasteiger partial charge in [0.1, 0.15) is 0 Å². The Morgan fingerprint density at radius 2 is 2.29 bits per heavy atom. The van der Waals surface area contributed by atoms with Crippen molar-refractivity contribution < 1.29 is 4.74 Å². The van der Waals surface area contributed by atoms with Crippen LogP contribution in [0.5, 0.6) is 5.88 Å². The Morgan fingerprint density at radius 3 is 3.00 bits per heavy atom. The lowest BCUT2D eigenvalue weighted by molar-refractivity contribution is 0.356. The number of aromatic nitrogens is 2. The van der Waals surface area contributed by atoms with E-state index in [0.29, 0.717) is 17.9 Å². The van der Waals surface area contributed by atoms with Gasteiger partial charge < -0.3 is 10.1 Å². The zero-order valence-corrected chi connectivity index (χ0v) is 11.8. The topological polar surface area (TPSA) is 47.0 Å². The fourth-order valence-electron chi connectivity index (χ4n) is 2.31. The van der Waals surface area contributed by atoms with E-state index in [-0.39, 0.29) is 0 Å². The van der Waals surface area contributed by atoms with E-state index in [2.05, 4.69) is 38.1 Å². The molecule has 0 radical (unpaired) electrons. The molecule has 0 amide bonds. The fourth-order valence-corrected chi connectivity index (χ4v) is 2.66. The zero-order valence-electron chi connectivity index (χ0n) is 10.2. The fraction of sp³-hybridized carbons (Fsp3) is 0.667. The number of hydrogen-bond donors (Lipinski definition) is 1. The molecule has 0 bridgehead atoms. The molecule has 4 nitrogen and oxygen atoms in total. The first-order chi connectivity index (χ1) is 8.19. The summed E-state index contributed by atoms with van der Waals surface area (Å²) < 4.78 is 5.94. The minimum Gasteiger partial charge on any atom is -0.480 e. The average Bonchev–Trinajstić information content (AvgIpc) is 2.32. The Labute approximate surface area is 110 Å². The minimum absolute atomic E-state index is 0.490. The van der Waals surface area contributed by atoms with Gasteiger partial charge in [0, 0.05) is 6.04 Å². The van der Waals surface area contributed by atoms with Crippen LogP contribution in [0.1, 0.15) is 32.6 Å². The van der Waals surface area contributed by atoms with E-state index < -0.39 is 0 Å². The maximum Gasteiger partial charge on any atom is 0.232 e. The smallest absolute Gasteiger partial charge is 0.232 e. The Hall–Kier alpha value is -0.840. The molecule has 2 rings (SSSR count). The number of halogens is 1. The van der Waals surface area contributed by atoms with Crippen LogP contribution in [0.2, 0.25) is 0 Å². The van der Waals surface area contributed by atoms with Crippen LogP contribution < -0.4 is 10.1 Å². The zero-order chi connectivity index (χ0) is 12.3. The standard InChI is InChI=1S/C12H18BrN3O/c1-8-4-3-5-9(6-8)15-12-14-7-10(13)11(16-12)17-2/h7-9H,3-6H2,1-2H3,(H,14,15,16). The summed E-state index contributed by atoms with van der Waals surface area (Å²) in [7, 11) is 1.61. The third-order valence-electron chi connectivity index (χ3n) is 3.17. The summed E-state index contributed by atoms with van der Waals surface area (Å²) in [5.41, 5.74) is 0. The van der Waals surface area contributed by atoms with Gasteiger partial charge in [-0.05, 0) is 34.7 Å². The summed E-state index contributed by atoms with van der Waals surface area (Å²) in [4.78, 5) is 8.58. The van der Waals surface area contributed by atoms with Crippen molar-refractivity contribution in [3.8, 4) is 5.88 Å². The van der Waals surface area contributed by atoms with E-state index >= 15 is 0 Å². The molecule has 1 saturated carbocycles. The van der Waals surface area contributed by atoms with Crippen molar-refractivity contribution >= 4 is 21.9 Å². The molecule has 5 heteroatoms. The maximum atomic E-state index is 5.16. The molecule has 1 aliphatic carbocycles. The first-order valence-corrected chi connectivity index (χ1v) is 6.81. The van der Waals surface area contributed by atoms with E-state index in [0.717, 1.165) is 10.4 Å². The third-order valence-corrected chi connectivity index (χ3v) is 3.72. The van der Waals surface area contributed by atoms with Crippen LogP contribution in [0.4, 0.5) is 5.95 Å². The van der Waals surface area contributed by atoms with Gasteiger partial charge in [-0.25, -0.2) is 4.98 Å². The molecule has 94 valence electrons. The van der Waals surface area contributed by atoms with Crippen molar-refractivity contribution in [2.45, 2.75) is 38.6 Å². The van der Waals surface area contributed by atoms with Crippen LogP contribution in [0.3, 0.4) is 0 Å². The van der Waals surface area contributed by atoms with E-state index in [1.54, 1.807) is 13.3 Å². The lowest BCUT2D eigenvalue weighted by Crippen LogP contribution is -2.27. The van der Waals surface area contributed by atoms with Crippen LogP contribution in [-0.4, -0.2) is 23.1 Å². The molecule has 1 fully saturated rings. The molecule has 1 N–H and O–H groups in total. The number of nitrogens with zero attached hydrogens (tertiary/aromatic N) is 2. The van der Waals surface area contributed by atoms with E-state index in [1.807, 2.05) is 0 Å². The van der Waals surface area contributed by atoms with E-state index in [9.17, 15) is 0 Å². The highest BCUT2D eigenvalue weighted by Crippen LogP contribution is 2.27. The second kappa shape index (κ2) is 5.67. The molecular weight excluding hydrogens is 282 g/mol. The number of methoxy groups -OCH3 is 1. The Kier molecular flexibility index (Phi) is 4.20. The average molecular weight is 300 g/mol. The first-order valence-electron chi connectivity index (χ1n) is 6.02. The summed E-state index contributed by atoms with van der Waals surface area (Å²) in [5, 5.41) is 3.39. The molecule has 0 aromatic carbocycles. The lowest BCUT2D eigenvalue weighted by atomic mass is 9.87. The molecule has 2 unspecified atom stereocenters. The number of rotatable bonds is 3. The number of hydrogen-bond acceptors (Lipinski definition) is 4. The predicted molar refractivity (Wildman–Crippen MR) is 71.3 cm³/mol. The highest BCUT2D eigenvalue weighted by Gasteiger charge is 2.19. The van der Waals surface area contributed by atoms with Gasteiger partial charge >= 0.3 is 0 Å². The van der Waals surface area contributed by atoms with Gasteiger partial charge in [0.2, 0.25) is 11.8 Å². The number of ether oxygens (including phenoxy) is 1. The van der Waals surface area contributed by atoms with Crippen LogP contribution in [0.25, 0.3) is 0 Å². The second-order valence-corrected chi connectivity index (χ2v) is 5.52. The van der Waals surface area contributed by atoms with Crippen LogP contribution in [0, 0.1) is 5.92 Å². The SMILES string of the molecule is COc1nc(NC2CCCC(C)C2)ncc1Br. The van der Waals surface area contributed by atoms with Crippen molar-refractivity contribution in [2.24, 2.45) is 5.92 Å². The molecule has 2 atom stereocenters. The normalized spacial score (nSPS) is 24.4. The highest BCUT2D eigenvalue weighted by molar-refractivity contribution is 9.10. The highest BCUT2D eigenvalue weighted by atomic mass is 79.9. The van der Waals surface area contributed by atoms with Crippen molar-refractivity contribution in [3.05, 3.63) is 10.7 Å². The third kappa shape index (κ3) is 3.31. The summed E-state index contributed by atoms with van der Waals surface area (Å²) in [6.07, 6.45) is 6.74. The lowest BCUT2D eigenvalue weighted by Gasteiger charge is -2.27. The van der Waals surface area contributed by atoms with Gasteiger partial charge in [-0.3, -0.25) is 0 Å². The second-order valence-electron chi connectivity index (χ2n) is 4.66. The van der Waals surface area contributed by atoms with E-state index in [4.69, 9.17) is 4.74 Å². The number of nitrogens with one attached hydrogen (secondary N) is 1. The predicted octanol–water partition coefficient (Wildman–Crippen LogP) is 3.24. The largest absolute Gasteiger partial charge is 0.480 e. The van der Waals surface area contributed by atoms with Gasteiger partial charge in [0.25, 0.3) is 0 Å². The quantitative estimate of drug-likeness (QED) is 0.931. The molecular formula is C12H18BrN3O. The molecule has 0 saturated heterocycles. The van der Waals surface area contributed by atoms with Crippen LogP contribution >= 0.6 is 15.9 Å².